The minimum atomic E-state index is -0.851. The second-order valence-electron chi connectivity index (χ2n) is 5.27. The number of carbonyl (C=O) groups is 1. The standard InChI is InChI=1S/C17H18N4O4S2/c1-24-11-5-3-6-12(25-2)15(11)21-16(13-7-4-9-26-13)18-19-17(21)20-27-10-8-14(22)23/h3-7,9H,8,10H2,1-2H3,(H,19,20)(H,22,23). The highest BCUT2D eigenvalue weighted by molar-refractivity contribution is 8.00. The van der Waals surface area contributed by atoms with Crippen LogP contribution in [0.4, 0.5) is 5.95 Å². The highest BCUT2D eigenvalue weighted by atomic mass is 32.2. The number of aromatic nitrogens is 3. The number of para-hydroxylation sites is 1. The Morgan fingerprint density at radius 1 is 1.22 bits per heavy atom. The van der Waals surface area contributed by atoms with Crippen molar-refractivity contribution < 1.29 is 19.4 Å². The molecular weight excluding hydrogens is 388 g/mol. The number of benzene rings is 1. The lowest BCUT2D eigenvalue weighted by atomic mass is 10.2. The van der Waals surface area contributed by atoms with Gasteiger partial charge in [0, 0.05) is 5.75 Å². The molecule has 0 spiro atoms. The summed E-state index contributed by atoms with van der Waals surface area (Å²) in [6.07, 6.45) is 0.0432. The maximum atomic E-state index is 10.7. The van der Waals surface area contributed by atoms with Gasteiger partial charge in [-0.05, 0) is 35.5 Å². The Bertz CT molecular complexity index is 890. The summed E-state index contributed by atoms with van der Waals surface area (Å²) in [5.41, 5.74) is 0.664. The van der Waals surface area contributed by atoms with E-state index in [1.807, 2.05) is 40.3 Å². The van der Waals surface area contributed by atoms with Gasteiger partial charge in [-0.1, -0.05) is 12.1 Å². The Morgan fingerprint density at radius 2 is 1.96 bits per heavy atom. The molecule has 0 aliphatic rings. The summed E-state index contributed by atoms with van der Waals surface area (Å²) in [5, 5.41) is 19.3. The number of carboxylic acids is 1. The molecule has 2 N–H and O–H groups in total. The van der Waals surface area contributed by atoms with Gasteiger partial charge in [-0.15, -0.1) is 21.5 Å². The zero-order chi connectivity index (χ0) is 19.2. The van der Waals surface area contributed by atoms with E-state index in [0.717, 1.165) is 4.88 Å². The lowest BCUT2D eigenvalue weighted by Gasteiger charge is -2.17. The average Bonchev–Trinajstić information content (AvgIpc) is 3.33. The molecule has 0 bridgehead atoms. The van der Waals surface area contributed by atoms with E-state index >= 15 is 0 Å². The lowest BCUT2D eigenvalue weighted by molar-refractivity contribution is -0.136. The summed E-state index contributed by atoms with van der Waals surface area (Å²) in [7, 11) is 3.17. The van der Waals surface area contributed by atoms with Crippen LogP contribution in [0.5, 0.6) is 11.5 Å². The molecule has 3 rings (SSSR count). The number of hydrogen-bond acceptors (Lipinski definition) is 8. The topological polar surface area (TPSA) is 98.5 Å². The van der Waals surface area contributed by atoms with Gasteiger partial charge < -0.3 is 14.6 Å². The summed E-state index contributed by atoms with van der Waals surface area (Å²) in [6.45, 7) is 0. The van der Waals surface area contributed by atoms with Crippen LogP contribution in [0.2, 0.25) is 0 Å². The van der Waals surface area contributed by atoms with Gasteiger partial charge >= 0.3 is 5.97 Å². The predicted octanol–water partition coefficient (Wildman–Crippen LogP) is 3.55. The van der Waals surface area contributed by atoms with Crippen LogP contribution in [0.3, 0.4) is 0 Å². The van der Waals surface area contributed by atoms with Crippen LogP contribution in [-0.2, 0) is 4.79 Å². The Hall–Kier alpha value is -2.72. The molecule has 0 fully saturated rings. The molecule has 142 valence electrons. The quantitative estimate of drug-likeness (QED) is 0.411. The van der Waals surface area contributed by atoms with Crippen LogP contribution in [0.15, 0.2) is 35.7 Å². The van der Waals surface area contributed by atoms with Crippen molar-refractivity contribution in [2.75, 3.05) is 24.7 Å². The molecule has 1 aromatic carbocycles. The van der Waals surface area contributed by atoms with Gasteiger partial charge in [0.25, 0.3) is 0 Å². The molecule has 0 aliphatic heterocycles. The number of anilines is 1. The molecule has 3 aromatic rings. The first kappa shape index (κ1) is 19.1. The molecule has 0 amide bonds. The fourth-order valence-corrected chi connectivity index (χ4v) is 3.77. The number of nitrogens with one attached hydrogen (secondary N) is 1. The number of rotatable bonds is 9. The number of carboxylic acid groups (broad SMARTS) is 1. The van der Waals surface area contributed by atoms with E-state index in [0.29, 0.717) is 34.7 Å². The second kappa shape index (κ2) is 8.78. The van der Waals surface area contributed by atoms with Crippen LogP contribution < -0.4 is 14.2 Å². The van der Waals surface area contributed by atoms with Crippen molar-refractivity contribution in [3.8, 4) is 27.9 Å². The van der Waals surface area contributed by atoms with Gasteiger partial charge in [0.2, 0.25) is 5.95 Å². The van der Waals surface area contributed by atoms with Crippen LogP contribution >= 0.6 is 23.3 Å². The van der Waals surface area contributed by atoms with Gasteiger partial charge in [0.15, 0.2) is 5.82 Å². The minimum Gasteiger partial charge on any atom is -0.494 e. The molecule has 0 aliphatic carbocycles. The van der Waals surface area contributed by atoms with Gasteiger partial charge in [-0.2, -0.15) is 0 Å². The van der Waals surface area contributed by atoms with Crippen LogP contribution in [0, 0.1) is 0 Å². The first-order valence-corrected chi connectivity index (χ1v) is 9.82. The van der Waals surface area contributed by atoms with Gasteiger partial charge in [0.1, 0.15) is 17.2 Å². The molecule has 0 saturated carbocycles. The maximum Gasteiger partial charge on any atom is 0.304 e. The van der Waals surface area contributed by atoms with E-state index in [1.54, 1.807) is 25.6 Å². The number of methoxy groups -OCH3 is 2. The van der Waals surface area contributed by atoms with Gasteiger partial charge in [-0.25, -0.2) is 0 Å². The molecule has 0 unspecified atom stereocenters. The third-order valence-electron chi connectivity index (χ3n) is 3.61. The molecule has 0 radical (unpaired) electrons. The average molecular weight is 406 g/mol. The highest BCUT2D eigenvalue weighted by Gasteiger charge is 2.22. The van der Waals surface area contributed by atoms with E-state index < -0.39 is 5.97 Å². The molecule has 8 nitrogen and oxygen atoms in total. The Labute approximate surface area is 164 Å². The van der Waals surface area contributed by atoms with Crippen molar-refractivity contribution in [2.45, 2.75) is 6.42 Å². The number of thiophene rings is 1. The maximum absolute atomic E-state index is 10.7. The van der Waals surface area contributed by atoms with Crippen molar-refractivity contribution in [1.29, 1.82) is 0 Å². The molecule has 10 heteroatoms. The van der Waals surface area contributed by atoms with Crippen molar-refractivity contribution >= 4 is 35.2 Å². The monoisotopic (exact) mass is 406 g/mol. The summed E-state index contributed by atoms with van der Waals surface area (Å²) < 4.78 is 16.0. The molecule has 2 heterocycles. The van der Waals surface area contributed by atoms with E-state index in [9.17, 15) is 4.79 Å². The number of ether oxygens (including phenoxy) is 2. The smallest absolute Gasteiger partial charge is 0.304 e. The Balaban J connectivity index is 2.07. The third-order valence-corrected chi connectivity index (χ3v) is 5.21. The molecule has 0 atom stereocenters. The Kier molecular flexibility index (Phi) is 6.20. The summed E-state index contributed by atoms with van der Waals surface area (Å²) in [4.78, 5) is 11.6. The number of hydrogen-bond donors (Lipinski definition) is 2. The van der Waals surface area contributed by atoms with Gasteiger partial charge in [-0.3, -0.25) is 14.1 Å². The van der Waals surface area contributed by atoms with E-state index in [-0.39, 0.29) is 6.42 Å². The lowest BCUT2D eigenvalue weighted by Crippen LogP contribution is -2.07. The molecule has 27 heavy (non-hydrogen) atoms. The van der Waals surface area contributed by atoms with Crippen LogP contribution in [-0.4, -0.2) is 45.8 Å². The first-order chi connectivity index (χ1) is 13.2. The number of nitrogens with zero attached hydrogens (tertiary/aromatic N) is 3. The van der Waals surface area contributed by atoms with Crippen molar-refractivity contribution in [3.63, 3.8) is 0 Å². The predicted molar refractivity (Wildman–Crippen MR) is 106 cm³/mol. The molecular formula is C17H18N4O4S2. The zero-order valence-corrected chi connectivity index (χ0v) is 16.3. The van der Waals surface area contributed by atoms with E-state index in [1.165, 1.54) is 11.9 Å². The normalized spacial score (nSPS) is 10.6. The fourth-order valence-electron chi connectivity index (χ4n) is 2.43. The SMILES string of the molecule is COc1cccc(OC)c1-n1c(NSCCC(=O)O)nnc1-c1cccs1. The minimum absolute atomic E-state index is 0.0432. The third kappa shape index (κ3) is 4.17. The van der Waals surface area contributed by atoms with Crippen molar-refractivity contribution in [2.24, 2.45) is 0 Å². The summed E-state index contributed by atoms with van der Waals surface area (Å²) in [6, 6.07) is 9.39. The molecule has 2 aromatic heterocycles. The van der Waals surface area contributed by atoms with E-state index in [4.69, 9.17) is 14.6 Å². The second-order valence-corrected chi connectivity index (χ2v) is 7.11. The van der Waals surface area contributed by atoms with Crippen molar-refractivity contribution in [3.05, 3.63) is 35.7 Å². The highest BCUT2D eigenvalue weighted by Crippen LogP contribution is 2.38. The fraction of sp³-hybridized carbons (Fsp3) is 0.235. The summed E-state index contributed by atoms with van der Waals surface area (Å²) in [5.74, 6) is 1.83. The first-order valence-electron chi connectivity index (χ1n) is 7.96. The van der Waals surface area contributed by atoms with Crippen LogP contribution in [0.25, 0.3) is 16.4 Å². The van der Waals surface area contributed by atoms with E-state index in [2.05, 4.69) is 14.9 Å². The largest absolute Gasteiger partial charge is 0.494 e. The van der Waals surface area contributed by atoms with Gasteiger partial charge in [0.05, 0.1) is 25.5 Å². The van der Waals surface area contributed by atoms with Crippen LogP contribution in [0.1, 0.15) is 6.42 Å². The van der Waals surface area contributed by atoms with Crippen molar-refractivity contribution in [1.82, 2.24) is 14.8 Å². The Morgan fingerprint density at radius 3 is 2.56 bits per heavy atom. The number of aliphatic carboxylic acids is 1. The zero-order valence-electron chi connectivity index (χ0n) is 14.7. The summed E-state index contributed by atoms with van der Waals surface area (Å²) >= 11 is 2.79. The molecule has 0 saturated heterocycles.